The third kappa shape index (κ3) is 1.62. The van der Waals surface area contributed by atoms with E-state index in [-0.39, 0.29) is 0 Å². The smallest absolute Gasteiger partial charge is 0.0725 e. The monoisotopic (exact) mass is 131 g/mol. The summed E-state index contributed by atoms with van der Waals surface area (Å²) in [6.45, 7) is 1.88. The van der Waals surface area contributed by atoms with Gasteiger partial charge in [-0.15, -0.1) is 0 Å². The lowest BCUT2D eigenvalue weighted by Gasteiger charge is -2.11. The van der Waals surface area contributed by atoms with Crippen LogP contribution < -0.4 is 11.4 Å². The van der Waals surface area contributed by atoms with Gasteiger partial charge < -0.3 is 4.74 Å². The van der Waals surface area contributed by atoms with Gasteiger partial charge in [0, 0.05) is 20.2 Å². The van der Waals surface area contributed by atoms with E-state index in [0.29, 0.717) is 6.10 Å². The van der Waals surface area contributed by atoms with Crippen LogP contribution in [0.1, 0.15) is 6.42 Å². The summed E-state index contributed by atoms with van der Waals surface area (Å²) in [6.07, 6.45) is 1.43. The van der Waals surface area contributed by atoms with E-state index in [2.05, 4.69) is 5.53 Å². The Morgan fingerprint density at radius 3 is 2.89 bits per heavy atom. The molecule has 0 spiro atoms. The number of nitrogens with two attached hydrogens (primary N) is 1. The van der Waals surface area contributed by atoms with Crippen LogP contribution in [-0.2, 0) is 4.74 Å². The fourth-order valence-corrected chi connectivity index (χ4v) is 1.04. The SMILES string of the molecule is COC1CCN(NN)C1. The summed E-state index contributed by atoms with van der Waals surface area (Å²) in [6, 6.07) is 0. The molecule has 1 saturated heterocycles. The van der Waals surface area contributed by atoms with Crippen molar-refractivity contribution in [2.75, 3.05) is 20.2 Å². The zero-order valence-corrected chi connectivity index (χ0v) is 5.63. The molecule has 0 aliphatic carbocycles. The molecule has 0 bridgehead atoms. The molecule has 3 N–H and O–H groups in total. The van der Waals surface area contributed by atoms with Crippen molar-refractivity contribution in [3.63, 3.8) is 0 Å². The van der Waals surface area contributed by atoms with Gasteiger partial charge in [0.05, 0.1) is 6.10 Å². The number of rotatable bonds is 2. The largest absolute Gasteiger partial charge is 0.380 e. The van der Waals surface area contributed by atoms with Crippen molar-refractivity contribution in [3.05, 3.63) is 0 Å². The molecule has 1 aliphatic heterocycles. The molecule has 0 amide bonds. The number of methoxy groups -OCH3 is 1. The zero-order chi connectivity index (χ0) is 6.69. The maximum atomic E-state index is 5.17. The molecular formula is C5H13N3O. The van der Waals surface area contributed by atoms with E-state index in [4.69, 9.17) is 10.6 Å². The minimum absolute atomic E-state index is 0.362. The van der Waals surface area contributed by atoms with E-state index in [0.717, 1.165) is 19.5 Å². The van der Waals surface area contributed by atoms with Crippen LogP contribution in [0.3, 0.4) is 0 Å². The molecule has 4 nitrogen and oxygen atoms in total. The lowest BCUT2D eigenvalue weighted by molar-refractivity contribution is 0.0993. The standard InChI is InChI=1S/C5H13N3O/c1-9-5-2-3-8(4-5)7-6/h5,7H,2-4,6H2,1H3. The second kappa shape index (κ2) is 3.12. The fraction of sp³-hybridized carbons (Fsp3) is 1.00. The highest BCUT2D eigenvalue weighted by Gasteiger charge is 2.20. The molecule has 1 unspecified atom stereocenters. The van der Waals surface area contributed by atoms with E-state index < -0.39 is 0 Å². The Balaban J connectivity index is 2.20. The topological polar surface area (TPSA) is 50.5 Å². The van der Waals surface area contributed by atoms with Gasteiger partial charge in [0.15, 0.2) is 0 Å². The number of ether oxygens (including phenoxy) is 1. The van der Waals surface area contributed by atoms with E-state index in [9.17, 15) is 0 Å². The molecular weight excluding hydrogens is 118 g/mol. The summed E-state index contributed by atoms with van der Waals surface area (Å²) in [7, 11) is 1.73. The van der Waals surface area contributed by atoms with Gasteiger partial charge in [-0.25, -0.2) is 5.01 Å². The second-order valence-electron chi connectivity index (χ2n) is 2.22. The first-order valence-electron chi connectivity index (χ1n) is 3.11. The maximum Gasteiger partial charge on any atom is 0.0725 e. The van der Waals surface area contributed by atoms with Gasteiger partial charge in [0.1, 0.15) is 0 Å². The number of hydrogen-bond acceptors (Lipinski definition) is 4. The minimum atomic E-state index is 0.362. The van der Waals surface area contributed by atoms with Gasteiger partial charge >= 0.3 is 0 Å². The van der Waals surface area contributed by atoms with Crippen molar-refractivity contribution >= 4 is 0 Å². The predicted molar refractivity (Wildman–Crippen MR) is 34.3 cm³/mol. The summed E-state index contributed by atoms with van der Waals surface area (Å²) >= 11 is 0. The van der Waals surface area contributed by atoms with Crippen molar-refractivity contribution in [1.82, 2.24) is 10.5 Å². The first-order chi connectivity index (χ1) is 4.36. The maximum absolute atomic E-state index is 5.17. The van der Waals surface area contributed by atoms with Crippen molar-refractivity contribution in [1.29, 1.82) is 0 Å². The average Bonchev–Trinajstić information content (AvgIpc) is 2.34. The van der Waals surface area contributed by atoms with Crippen LogP contribution in [0.5, 0.6) is 0 Å². The quantitative estimate of drug-likeness (QED) is 0.376. The molecule has 4 heteroatoms. The van der Waals surface area contributed by atoms with Crippen molar-refractivity contribution < 1.29 is 4.74 Å². The molecule has 0 aromatic carbocycles. The number of nitrogens with one attached hydrogen (secondary N) is 1. The predicted octanol–water partition coefficient (Wildman–Crippen LogP) is -0.915. The first kappa shape index (κ1) is 6.95. The van der Waals surface area contributed by atoms with Gasteiger partial charge in [-0.05, 0) is 6.42 Å². The second-order valence-corrected chi connectivity index (χ2v) is 2.22. The number of hydrogen-bond donors (Lipinski definition) is 2. The van der Waals surface area contributed by atoms with Gasteiger partial charge in [0.25, 0.3) is 0 Å². The highest BCUT2D eigenvalue weighted by atomic mass is 16.5. The molecule has 1 atom stereocenters. The summed E-state index contributed by atoms with van der Waals surface area (Å²) < 4.78 is 5.11. The molecule has 1 fully saturated rings. The van der Waals surface area contributed by atoms with Crippen molar-refractivity contribution in [2.45, 2.75) is 12.5 Å². The molecule has 0 saturated carbocycles. The van der Waals surface area contributed by atoms with Gasteiger partial charge in [0.2, 0.25) is 0 Å². The van der Waals surface area contributed by atoms with Crippen LogP contribution in [-0.4, -0.2) is 31.3 Å². The lowest BCUT2D eigenvalue weighted by atomic mass is 10.3. The zero-order valence-electron chi connectivity index (χ0n) is 5.63. The molecule has 1 heterocycles. The summed E-state index contributed by atoms with van der Waals surface area (Å²) in [5, 5.41) is 1.94. The molecule has 0 aromatic heterocycles. The third-order valence-electron chi connectivity index (χ3n) is 1.66. The summed E-state index contributed by atoms with van der Waals surface area (Å²) in [5.74, 6) is 5.17. The molecule has 0 aromatic rings. The summed E-state index contributed by atoms with van der Waals surface area (Å²) in [5.41, 5.74) is 2.58. The average molecular weight is 131 g/mol. The van der Waals surface area contributed by atoms with Crippen LogP contribution in [0, 0.1) is 0 Å². The Kier molecular flexibility index (Phi) is 2.41. The number of hydrazine groups is 2. The normalized spacial score (nSPS) is 29.3. The van der Waals surface area contributed by atoms with Crippen LogP contribution in [0.2, 0.25) is 0 Å². The molecule has 9 heavy (non-hydrogen) atoms. The van der Waals surface area contributed by atoms with Crippen LogP contribution >= 0.6 is 0 Å². The van der Waals surface area contributed by atoms with E-state index in [1.807, 2.05) is 5.01 Å². The highest BCUT2D eigenvalue weighted by molar-refractivity contribution is 4.71. The van der Waals surface area contributed by atoms with E-state index >= 15 is 0 Å². The van der Waals surface area contributed by atoms with Gasteiger partial charge in [-0.3, -0.25) is 5.84 Å². The van der Waals surface area contributed by atoms with Crippen molar-refractivity contribution in [2.24, 2.45) is 5.84 Å². The Morgan fingerprint density at radius 2 is 2.56 bits per heavy atom. The first-order valence-corrected chi connectivity index (χ1v) is 3.11. The fourth-order valence-electron chi connectivity index (χ4n) is 1.04. The van der Waals surface area contributed by atoms with E-state index in [1.165, 1.54) is 0 Å². The van der Waals surface area contributed by atoms with Crippen LogP contribution in [0.4, 0.5) is 0 Å². The minimum Gasteiger partial charge on any atom is -0.380 e. The highest BCUT2D eigenvalue weighted by Crippen LogP contribution is 2.07. The molecule has 0 radical (unpaired) electrons. The molecule has 1 rings (SSSR count). The number of nitrogens with zero attached hydrogens (tertiary/aromatic N) is 1. The molecule has 54 valence electrons. The van der Waals surface area contributed by atoms with Crippen molar-refractivity contribution in [3.8, 4) is 0 Å². The van der Waals surface area contributed by atoms with Crippen LogP contribution in [0.25, 0.3) is 0 Å². The Labute approximate surface area is 54.9 Å². The Bertz CT molecular complexity index is 78.3. The molecule has 1 aliphatic rings. The van der Waals surface area contributed by atoms with Gasteiger partial charge in [-0.1, -0.05) is 0 Å². The Morgan fingerprint density at radius 1 is 1.78 bits per heavy atom. The summed E-state index contributed by atoms with van der Waals surface area (Å²) in [4.78, 5) is 0. The van der Waals surface area contributed by atoms with Crippen LogP contribution in [0.15, 0.2) is 0 Å². The lowest BCUT2D eigenvalue weighted by Crippen LogP contribution is -2.41. The third-order valence-corrected chi connectivity index (χ3v) is 1.66. The van der Waals surface area contributed by atoms with Gasteiger partial charge in [-0.2, -0.15) is 5.53 Å². The van der Waals surface area contributed by atoms with E-state index in [1.54, 1.807) is 7.11 Å². The Hall–Kier alpha value is -0.160.